The highest BCUT2D eigenvalue weighted by Crippen LogP contribution is 2.30. The van der Waals surface area contributed by atoms with Gasteiger partial charge in [0.05, 0.1) is 30.8 Å². The molecular weight excluding hydrogens is 222 g/mol. The van der Waals surface area contributed by atoms with Crippen LogP contribution in [-0.2, 0) is 4.74 Å². The molecule has 0 amide bonds. The van der Waals surface area contributed by atoms with Crippen LogP contribution in [0.5, 0.6) is 0 Å². The number of aliphatic hydroxyl groups excluding tert-OH is 2. The predicted octanol–water partition coefficient (Wildman–Crippen LogP) is 0.0720. The lowest BCUT2D eigenvalue weighted by Gasteiger charge is -2.13. The molecule has 6 nitrogen and oxygen atoms in total. The van der Waals surface area contributed by atoms with E-state index in [2.05, 4.69) is 9.97 Å². The maximum atomic E-state index is 9.70. The highest BCUT2D eigenvalue weighted by atomic mass is 16.5. The minimum Gasteiger partial charge on any atom is -0.394 e. The maximum Gasteiger partial charge on any atom is 0.138 e. The van der Waals surface area contributed by atoms with Crippen LogP contribution in [0.4, 0.5) is 0 Å². The van der Waals surface area contributed by atoms with Gasteiger partial charge in [-0.3, -0.25) is 4.98 Å². The van der Waals surface area contributed by atoms with Crippen molar-refractivity contribution in [2.75, 3.05) is 6.61 Å². The number of aromatic nitrogens is 3. The Kier molecular flexibility index (Phi) is 2.54. The van der Waals surface area contributed by atoms with Gasteiger partial charge in [0.15, 0.2) is 0 Å². The van der Waals surface area contributed by atoms with Crippen molar-refractivity contribution in [3.05, 3.63) is 24.8 Å². The zero-order valence-electron chi connectivity index (χ0n) is 9.10. The van der Waals surface area contributed by atoms with Gasteiger partial charge in [0, 0.05) is 12.6 Å². The molecule has 1 aliphatic rings. The van der Waals surface area contributed by atoms with E-state index in [0.29, 0.717) is 6.42 Å². The van der Waals surface area contributed by atoms with E-state index < -0.39 is 12.2 Å². The van der Waals surface area contributed by atoms with Gasteiger partial charge in [0.2, 0.25) is 0 Å². The smallest absolute Gasteiger partial charge is 0.138 e. The molecule has 3 heterocycles. The highest BCUT2D eigenvalue weighted by molar-refractivity contribution is 5.73. The fourth-order valence-electron chi connectivity index (χ4n) is 2.16. The Morgan fingerprint density at radius 3 is 3.18 bits per heavy atom. The van der Waals surface area contributed by atoms with Gasteiger partial charge in [-0.25, -0.2) is 4.98 Å². The molecule has 1 fully saturated rings. The summed E-state index contributed by atoms with van der Waals surface area (Å²) in [7, 11) is 0. The first-order valence-corrected chi connectivity index (χ1v) is 5.50. The van der Waals surface area contributed by atoms with Crippen LogP contribution in [0.3, 0.4) is 0 Å². The Labute approximate surface area is 97.5 Å². The average Bonchev–Trinajstić information content (AvgIpc) is 2.92. The second-order valence-corrected chi connectivity index (χ2v) is 4.13. The Bertz CT molecular complexity index is 527. The molecule has 0 saturated carbocycles. The molecule has 2 aromatic rings. The number of rotatable bonds is 2. The number of hydrogen-bond donors (Lipinski definition) is 2. The molecule has 1 saturated heterocycles. The van der Waals surface area contributed by atoms with Crippen molar-refractivity contribution in [3.8, 4) is 0 Å². The number of nitrogens with zero attached hydrogens (tertiary/aromatic N) is 3. The van der Waals surface area contributed by atoms with Crippen molar-refractivity contribution in [3.63, 3.8) is 0 Å². The summed E-state index contributed by atoms with van der Waals surface area (Å²) in [5.41, 5.74) is 1.70. The van der Waals surface area contributed by atoms with Gasteiger partial charge in [-0.2, -0.15) is 0 Å². The SMILES string of the molecule is OC[C@H]1O[C@@H](n2cnc3cnccc32)C[C@@H]1O. The third kappa shape index (κ3) is 1.70. The molecule has 0 aliphatic carbocycles. The summed E-state index contributed by atoms with van der Waals surface area (Å²) < 4.78 is 7.43. The van der Waals surface area contributed by atoms with E-state index in [9.17, 15) is 5.11 Å². The zero-order chi connectivity index (χ0) is 11.8. The van der Waals surface area contributed by atoms with Crippen molar-refractivity contribution in [2.24, 2.45) is 0 Å². The molecular formula is C11H13N3O3. The van der Waals surface area contributed by atoms with E-state index in [-0.39, 0.29) is 12.8 Å². The van der Waals surface area contributed by atoms with Crippen LogP contribution in [0.25, 0.3) is 11.0 Å². The van der Waals surface area contributed by atoms with Crippen molar-refractivity contribution in [1.29, 1.82) is 0 Å². The molecule has 3 atom stereocenters. The summed E-state index contributed by atoms with van der Waals surface area (Å²) >= 11 is 0. The molecule has 0 unspecified atom stereocenters. The van der Waals surface area contributed by atoms with Crippen molar-refractivity contribution in [1.82, 2.24) is 14.5 Å². The van der Waals surface area contributed by atoms with Crippen LogP contribution >= 0.6 is 0 Å². The first-order valence-electron chi connectivity index (χ1n) is 5.50. The number of fused-ring (bicyclic) bond motifs is 1. The number of ether oxygens (including phenoxy) is 1. The van der Waals surface area contributed by atoms with Crippen LogP contribution in [-0.4, -0.2) is 43.6 Å². The molecule has 17 heavy (non-hydrogen) atoms. The molecule has 0 radical (unpaired) electrons. The lowest BCUT2D eigenvalue weighted by atomic mass is 10.2. The topological polar surface area (TPSA) is 80.4 Å². The van der Waals surface area contributed by atoms with Crippen LogP contribution in [0, 0.1) is 0 Å². The van der Waals surface area contributed by atoms with Crippen molar-refractivity contribution < 1.29 is 14.9 Å². The number of hydrogen-bond acceptors (Lipinski definition) is 5. The molecule has 90 valence electrons. The second kappa shape index (κ2) is 4.06. The van der Waals surface area contributed by atoms with E-state index in [1.807, 2.05) is 10.6 Å². The molecule has 2 N–H and O–H groups in total. The Morgan fingerprint density at radius 2 is 2.41 bits per heavy atom. The van der Waals surface area contributed by atoms with Crippen molar-refractivity contribution in [2.45, 2.75) is 24.9 Å². The minimum absolute atomic E-state index is 0.175. The molecule has 1 aliphatic heterocycles. The summed E-state index contributed by atoms with van der Waals surface area (Å²) in [5, 5.41) is 18.7. The highest BCUT2D eigenvalue weighted by Gasteiger charge is 2.34. The molecule has 0 spiro atoms. The first kappa shape index (κ1) is 10.6. The van der Waals surface area contributed by atoms with Crippen LogP contribution in [0.1, 0.15) is 12.6 Å². The molecule has 0 aromatic carbocycles. The second-order valence-electron chi connectivity index (χ2n) is 4.13. The Balaban J connectivity index is 1.95. The van der Waals surface area contributed by atoms with E-state index in [0.717, 1.165) is 11.0 Å². The Morgan fingerprint density at radius 1 is 1.53 bits per heavy atom. The van der Waals surface area contributed by atoms with E-state index in [1.54, 1.807) is 18.7 Å². The van der Waals surface area contributed by atoms with E-state index >= 15 is 0 Å². The lowest BCUT2D eigenvalue weighted by molar-refractivity contribution is -0.0430. The van der Waals surface area contributed by atoms with Gasteiger partial charge < -0.3 is 19.5 Å². The first-order chi connectivity index (χ1) is 8.29. The summed E-state index contributed by atoms with van der Waals surface area (Å²) in [5.74, 6) is 0. The van der Waals surface area contributed by atoms with E-state index in [1.165, 1.54) is 0 Å². The molecule has 2 aromatic heterocycles. The summed E-state index contributed by atoms with van der Waals surface area (Å²) in [6.07, 6.45) is 4.07. The van der Waals surface area contributed by atoms with Gasteiger partial charge >= 0.3 is 0 Å². The number of imidazole rings is 1. The van der Waals surface area contributed by atoms with Gasteiger partial charge in [0.25, 0.3) is 0 Å². The lowest BCUT2D eigenvalue weighted by Crippen LogP contribution is -2.24. The van der Waals surface area contributed by atoms with Gasteiger partial charge in [-0.1, -0.05) is 0 Å². The molecule has 3 rings (SSSR count). The third-order valence-corrected chi connectivity index (χ3v) is 3.07. The van der Waals surface area contributed by atoms with Crippen LogP contribution in [0.2, 0.25) is 0 Å². The minimum atomic E-state index is -0.635. The zero-order valence-corrected chi connectivity index (χ0v) is 9.10. The fraction of sp³-hybridized carbons (Fsp3) is 0.455. The van der Waals surface area contributed by atoms with Gasteiger partial charge in [-0.05, 0) is 6.07 Å². The standard InChI is InChI=1S/C11H13N3O3/c15-5-10-9(16)3-11(17-10)14-6-13-7-4-12-2-1-8(7)14/h1-2,4,6,9-11,15-16H,3,5H2/t9-,10+,11+/m0/s1. The van der Waals surface area contributed by atoms with E-state index in [4.69, 9.17) is 9.84 Å². The maximum absolute atomic E-state index is 9.70. The summed E-state index contributed by atoms with van der Waals surface area (Å²) in [4.78, 5) is 8.21. The summed E-state index contributed by atoms with van der Waals surface area (Å²) in [6.45, 7) is -0.175. The van der Waals surface area contributed by atoms with Gasteiger partial charge in [0.1, 0.15) is 17.8 Å². The number of pyridine rings is 1. The number of aliphatic hydroxyl groups is 2. The van der Waals surface area contributed by atoms with Crippen LogP contribution in [0.15, 0.2) is 24.8 Å². The summed E-state index contributed by atoms with van der Waals surface area (Å²) in [6, 6.07) is 1.85. The molecule has 6 heteroatoms. The predicted molar refractivity (Wildman–Crippen MR) is 59.1 cm³/mol. The van der Waals surface area contributed by atoms with Crippen molar-refractivity contribution >= 4 is 11.0 Å². The Hall–Kier alpha value is -1.50. The normalized spacial score (nSPS) is 28.9. The fourth-order valence-corrected chi connectivity index (χ4v) is 2.16. The van der Waals surface area contributed by atoms with Gasteiger partial charge in [-0.15, -0.1) is 0 Å². The third-order valence-electron chi connectivity index (χ3n) is 3.07. The molecule has 0 bridgehead atoms. The monoisotopic (exact) mass is 235 g/mol. The average molecular weight is 235 g/mol. The largest absolute Gasteiger partial charge is 0.394 e. The quantitative estimate of drug-likeness (QED) is 0.770. The van der Waals surface area contributed by atoms with Crippen LogP contribution < -0.4 is 0 Å².